The van der Waals surface area contributed by atoms with Crippen LogP contribution in [0.25, 0.3) is 0 Å². The first kappa shape index (κ1) is 29.5. The molecular weight excluding hydrogens is 660 g/mol. The Morgan fingerprint density at radius 2 is 0.815 bits per heavy atom. The fraction of sp³-hybridized carbons (Fsp3) is 0. The predicted octanol–water partition coefficient (Wildman–Crippen LogP) is 6.96. The number of benzene rings is 7. The summed E-state index contributed by atoms with van der Waals surface area (Å²) in [6.45, 7) is -0.327. The molecule has 8 aromatic rings. The summed E-state index contributed by atoms with van der Waals surface area (Å²) in [5.74, 6) is 2.13. The van der Waals surface area contributed by atoms with Crippen molar-refractivity contribution < 1.29 is 4.74 Å². The first-order chi connectivity index (χ1) is 26.8. The van der Waals surface area contributed by atoms with Crippen molar-refractivity contribution in [2.45, 2.75) is 0 Å². The van der Waals surface area contributed by atoms with E-state index in [2.05, 4.69) is 191 Å². The highest BCUT2D eigenvalue weighted by atomic mass is 16.5. The first-order valence-electron chi connectivity index (χ1n) is 18.4. The third-order valence-corrected chi connectivity index (χ3v) is 11.3. The molecule has 0 unspecified atom stereocenters. The van der Waals surface area contributed by atoms with Crippen molar-refractivity contribution >= 4 is 97.8 Å². The molecule has 0 amide bonds. The maximum atomic E-state index is 6.88. The average molecular weight is 689 g/mol. The van der Waals surface area contributed by atoms with Gasteiger partial charge in [0.05, 0.1) is 11.2 Å². The van der Waals surface area contributed by atoms with E-state index < -0.39 is 0 Å². The Morgan fingerprint density at radius 1 is 0.370 bits per heavy atom. The third kappa shape index (κ3) is 4.02. The van der Waals surface area contributed by atoms with E-state index in [4.69, 9.17) is 14.7 Å². The second-order valence-electron chi connectivity index (χ2n) is 14.1. The number of nitrogens with zero attached hydrogens (tertiary/aromatic N) is 5. The number of fused-ring (bicyclic) bond motifs is 8. The lowest BCUT2D eigenvalue weighted by Gasteiger charge is -2.43. The summed E-state index contributed by atoms with van der Waals surface area (Å²) in [5, 5.41) is 0. The van der Waals surface area contributed by atoms with Gasteiger partial charge in [0, 0.05) is 45.5 Å². The fourth-order valence-electron chi connectivity index (χ4n) is 9.17. The second kappa shape index (κ2) is 11.2. The van der Waals surface area contributed by atoms with Crippen LogP contribution in [-0.4, -0.2) is 23.4 Å². The smallest absolute Gasteiger partial charge is 0.281 e. The number of hydrogen-bond acceptors (Lipinski definition) is 6. The molecule has 0 saturated carbocycles. The molecule has 5 heterocycles. The van der Waals surface area contributed by atoms with Gasteiger partial charge in [-0.3, -0.25) is 9.88 Å². The number of hydrogen-bond donors (Lipinski definition) is 0. The average Bonchev–Trinajstić information content (AvgIpc) is 3.24. The van der Waals surface area contributed by atoms with Crippen LogP contribution >= 0.6 is 0 Å². The summed E-state index contributed by atoms with van der Waals surface area (Å²) in [5.41, 5.74) is 15.3. The van der Waals surface area contributed by atoms with Gasteiger partial charge >= 0.3 is 0 Å². The molecule has 0 fully saturated rings. The minimum absolute atomic E-state index is 0.156. The van der Waals surface area contributed by atoms with Gasteiger partial charge in [0.2, 0.25) is 5.88 Å². The van der Waals surface area contributed by atoms with Crippen molar-refractivity contribution in [1.82, 2.24) is 9.97 Å². The zero-order valence-corrected chi connectivity index (χ0v) is 29.0. The highest BCUT2D eigenvalue weighted by molar-refractivity contribution is 7.01. The number of anilines is 9. The van der Waals surface area contributed by atoms with Gasteiger partial charge in [0.15, 0.2) is 5.82 Å². The van der Waals surface area contributed by atoms with Crippen molar-refractivity contribution in [1.29, 1.82) is 0 Å². The lowest BCUT2D eigenvalue weighted by atomic mass is 9.34. The van der Waals surface area contributed by atoms with Gasteiger partial charge in [-0.1, -0.05) is 103 Å². The molecule has 6 nitrogen and oxygen atoms in total. The summed E-state index contributed by atoms with van der Waals surface area (Å²) in [4.78, 5) is 18.4. The Labute approximate surface area is 313 Å². The Morgan fingerprint density at radius 3 is 1.41 bits per heavy atom. The second-order valence-corrected chi connectivity index (χ2v) is 14.1. The summed E-state index contributed by atoms with van der Waals surface area (Å²) in [6, 6.07) is 62.2. The topological polar surface area (TPSA) is 44.7 Å². The SMILES string of the molecule is c1ccc(N2c3ccccc3B3c4nc5c(nc4Oc4cccc2c43)N(c2ccccc2)c2cccc3c2B5c2ccccc2N3c2ccccc2)cc1. The van der Waals surface area contributed by atoms with Crippen molar-refractivity contribution in [3.05, 3.63) is 176 Å². The van der Waals surface area contributed by atoms with Crippen LogP contribution in [0.2, 0.25) is 0 Å². The van der Waals surface area contributed by atoms with Crippen molar-refractivity contribution in [2.75, 3.05) is 14.7 Å². The van der Waals surface area contributed by atoms with Crippen LogP contribution in [0, 0.1) is 0 Å². The monoisotopic (exact) mass is 689 g/mol. The van der Waals surface area contributed by atoms with E-state index in [0.717, 1.165) is 73.7 Å². The largest absolute Gasteiger partial charge is 0.438 e. The van der Waals surface area contributed by atoms with E-state index in [-0.39, 0.29) is 13.4 Å². The number of rotatable bonds is 3. The molecule has 4 aliphatic heterocycles. The minimum atomic E-state index is -0.171. The van der Waals surface area contributed by atoms with Gasteiger partial charge in [-0.2, -0.15) is 4.98 Å². The van der Waals surface area contributed by atoms with E-state index in [0.29, 0.717) is 5.88 Å². The van der Waals surface area contributed by atoms with Crippen molar-refractivity contribution in [3.8, 4) is 11.6 Å². The predicted molar refractivity (Wildman–Crippen MR) is 222 cm³/mol. The van der Waals surface area contributed by atoms with Crippen LogP contribution in [0.1, 0.15) is 0 Å². The van der Waals surface area contributed by atoms with Crippen LogP contribution < -0.4 is 52.5 Å². The molecule has 0 saturated heterocycles. The van der Waals surface area contributed by atoms with Crippen LogP contribution in [0.3, 0.4) is 0 Å². The number of ether oxygens (including phenoxy) is 1. The molecule has 0 spiro atoms. The van der Waals surface area contributed by atoms with Gasteiger partial charge in [0.25, 0.3) is 13.4 Å². The van der Waals surface area contributed by atoms with E-state index in [9.17, 15) is 0 Å². The molecule has 8 heteroatoms. The van der Waals surface area contributed by atoms with Gasteiger partial charge in [-0.05, 0) is 94.6 Å². The molecule has 54 heavy (non-hydrogen) atoms. The van der Waals surface area contributed by atoms with Gasteiger partial charge in [-0.15, -0.1) is 0 Å². The molecule has 0 bridgehead atoms. The molecule has 0 atom stereocenters. The standard InChI is InChI=1S/C46H29B2N5O/c1-4-16-30(17-5-1)51-35-24-12-10-22-33(35)47-41-37(51)26-14-27-38(41)53(32-20-8-3-9-21-32)45-43(47)49-44-46(50-45)54-40-29-15-28-39-42(40)48(44)34-23-11-13-25-36(34)52(39)31-18-6-2-7-19-31/h1-29H. The Kier molecular flexibility index (Phi) is 6.14. The highest BCUT2D eigenvalue weighted by Gasteiger charge is 2.49. The lowest BCUT2D eigenvalue weighted by molar-refractivity contribution is 0.466. The van der Waals surface area contributed by atoms with Crippen LogP contribution in [0.4, 0.5) is 51.3 Å². The zero-order valence-electron chi connectivity index (χ0n) is 29.0. The molecule has 250 valence electrons. The van der Waals surface area contributed by atoms with E-state index in [1.54, 1.807) is 0 Å². The molecule has 0 N–H and O–H groups in total. The normalized spacial score (nSPS) is 13.9. The van der Waals surface area contributed by atoms with Crippen molar-refractivity contribution in [3.63, 3.8) is 0 Å². The van der Waals surface area contributed by atoms with E-state index in [1.165, 1.54) is 16.4 Å². The van der Waals surface area contributed by atoms with E-state index in [1.807, 2.05) is 0 Å². The molecule has 7 aromatic carbocycles. The molecule has 12 rings (SSSR count). The lowest BCUT2D eigenvalue weighted by Crippen LogP contribution is -2.66. The van der Waals surface area contributed by atoms with Crippen LogP contribution in [-0.2, 0) is 0 Å². The molecule has 1 aromatic heterocycles. The fourth-order valence-corrected chi connectivity index (χ4v) is 9.17. The molecule has 0 aliphatic carbocycles. The van der Waals surface area contributed by atoms with Gasteiger partial charge < -0.3 is 14.5 Å². The van der Waals surface area contributed by atoms with Gasteiger partial charge in [-0.25, -0.2) is 0 Å². The Balaban J connectivity index is 1.14. The van der Waals surface area contributed by atoms with Gasteiger partial charge in [0.1, 0.15) is 5.75 Å². The van der Waals surface area contributed by atoms with E-state index >= 15 is 0 Å². The first-order valence-corrected chi connectivity index (χ1v) is 18.4. The van der Waals surface area contributed by atoms with Crippen molar-refractivity contribution in [2.24, 2.45) is 0 Å². The Bertz CT molecular complexity index is 2800. The number of aromatic nitrogens is 2. The molecule has 4 aliphatic rings. The summed E-state index contributed by atoms with van der Waals surface area (Å²) < 4.78 is 6.88. The number of para-hydroxylation sites is 5. The summed E-state index contributed by atoms with van der Waals surface area (Å²) in [6.07, 6.45) is 0. The third-order valence-electron chi connectivity index (χ3n) is 11.3. The maximum absolute atomic E-state index is 6.88. The summed E-state index contributed by atoms with van der Waals surface area (Å²) >= 11 is 0. The zero-order chi connectivity index (χ0) is 35.3. The quantitative estimate of drug-likeness (QED) is 0.187. The summed E-state index contributed by atoms with van der Waals surface area (Å²) in [7, 11) is 0. The molecular formula is C46H29B2N5O. The highest BCUT2D eigenvalue weighted by Crippen LogP contribution is 2.44. The Hall–Kier alpha value is -7.05. The molecule has 0 radical (unpaired) electrons. The van der Waals surface area contributed by atoms with Crippen LogP contribution in [0.5, 0.6) is 11.6 Å². The minimum Gasteiger partial charge on any atom is -0.438 e. The maximum Gasteiger partial charge on any atom is 0.281 e. The van der Waals surface area contributed by atoms with Crippen LogP contribution in [0.15, 0.2) is 176 Å².